The van der Waals surface area contributed by atoms with Crippen LogP contribution in [0, 0.1) is 0 Å². The van der Waals surface area contributed by atoms with Crippen LogP contribution in [0.3, 0.4) is 0 Å². The van der Waals surface area contributed by atoms with Gasteiger partial charge in [0.2, 0.25) is 23.6 Å². The fourth-order valence-electron chi connectivity index (χ4n) is 3.00. The second-order valence-corrected chi connectivity index (χ2v) is 9.14. The average molecular weight is 528 g/mol. The highest BCUT2D eigenvalue weighted by Gasteiger charge is 2.30. The predicted molar refractivity (Wildman–Crippen MR) is 137 cm³/mol. The summed E-state index contributed by atoms with van der Waals surface area (Å²) in [5, 5.41) is 16.9. The summed E-state index contributed by atoms with van der Waals surface area (Å²) in [6, 6.07) is 4.29. The van der Waals surface area contributed by atoms with Crippen LogP contribution in [0.1, 0.15) is 24.8 Å². The summed E-state index contributed by atoms with van der Waals surface area (Å²) in [5.74, 6) is -3.49. The van der Waals surface area contributed by atoms with Gasteiger partial charge in [-0.3, -0.25) is 19.2 Å². The molecule has 4 unspecified atom stereocenters. The Morgan fingerprint density at radius 3 is 2.06 bits per heavy atom. The van der Waals surface area contributed by atoms with E-state index in [1.165, 1.54) is 11.8 Å². The molecule has 0 radical (unpaired) electrons. The molecule has 11 nitrogen and oxygen atoms in total. The number of carbonyl (C=O) groups is 5. The fourth-order valence-corrected chi connectivity index (χ4v) is 3.75. The van der Waals surface area contributed by atoms with Crippen LogP contribution in [0.15, 0.2) is 30.3 Å². The lowest BCUT2D eigenvalue weighted by molar-refractivity contribution is -0.142. The number of benzene rings is 1. The summed E-state index contributed by atoms with van der Waals surface area (Å²) in [6.07, 6.45) is 2.01. The summed E-state index contributed by atoms with van der Waals surface area (Å²) < 4.78 is 0. The van der Waals surface area contributed by atoms with Gasteiger partial charge in [-0.05, 0) is 30.4 Å². The molecular weight excluding hydrogens is 494 g/mol. The lowest BCUT2D eigenvalue weighted by Crippen LogP contribution is -2.58. The van der Waals surface area contributed by atoms with Crippen molar-refractivity contribution >= 4 is 54.0 Å². The Morgan fingerprint density at radius 1 is 0.943 bits per heavy atom. The zero-order valence-corrected chi connectivity index (χ0v) is 21.1. The highest BCUT2D eigenvalue weighted by molar-refractivity contribution is 7.98. The Bertz CT molecular complexity index is 873. The van der Waals surface area contributed by atoms with Gasteiger partial charge >= 0.3 is 5.97 Å². The van der Waals surface area contributed by atoms with E-state index in [1.807, 2.05) is 6.26 Å². The summed E-state index contributed by atoms with van der Waals surface area (Å²) >= 11 is 5.60. The molecule has 0 aromatic heterocycles. The first kappa shape index (κ1) is 30.3. The maximum atomic E-state index is 12.9. The van der Waals surface area contributed by atoms with Crippen molar-refractivity contribution in [3.63, 3.8) is 0 Å². The molecule has 1 aromatic carbocycles. The highest BCUT2D eigenvalue weighted by Crippen LogP contribution is 2.06. The minimum atomic E-state index is -1.24. The molecule has 0 aliphatic heterocycles. The Morgan fingerprint density at radius 2 is 1.51 bits per heavy atom. The van der Waals surface area contributed by atoms with E-state index >= 15 is 0 Å². The number of rotatable bonds is 16. The van der Waals surface area contributed by atoms with E-state index in [0.717, 1.165) is 0 Å². The van der Waals surface area contributed by atoms with Gasteiger partial charge in [0.25, 0.3) is 0 Å². The van der Waals surface area contributed by atoms with Crippen molar-refractivity contribution in [1.29, 1.82) is 0 Å². The third-order valence-electron chi connectivity index (χ3n) is 4.99. The smallest absolute Gasteiger partial charge is 0.326 e. The standard InChI is InChI=1S/C22H33N5O6S2/c1-35-10-9-14(23)19(29)25-15(7-8-18(24)28)20(30)27-17(12-34)21(31)26-16(22(32)33)11-13-5-3-2-4-6-13/h2-6,14-17,34H,7-12,23H2,1H3,(H2,24,28)(H,25,29)(H,26,31)(H,27,30)(H,32,33). The summed E-state index contributed by atoms with van der Waals surface area (Å²) in [4.78, 5) is 60.9. The number of nitrogens with two attached hydrogens (primary N) is 2. The molecule has 8 N–H and O–H groups in total. The van der Waals surface area contributed by atoms with Crippen molar-refractivity contribution in [3.8, 4) is 0 Å². The Balaban J connectivity index is 2.87. The Labute approximate surface area is 213 Å². The predicted octanol–water partition coefficient (Wildman–Crippen LogP) is -0.956. The molecule has 35 heavy (non-hydrogen) atoms. The number of hydrogen-bond donors (Lipinski definition) is 7. The second kappa shape index (κ2) is 16.0. The maximum Gasteiger partial charge on any atom is 0.326 e. The van der Waals surface area contributed by atoms with Crippen LogP contribution in [0.4, 0.5) is 0 Å². The van der Waals surface area contributed by atoms with Crippen LogP contribution in [0.5, 0.6) is 0 Å². The molecule has 0 heterocycles. The number of amides is 4. The van der Waals surface area contributed by atoms with Gasteiger partial charge in [0.05, 0.1) is 6.04 Å². The molecule has 0 spiro atoms. The monoisotopic (exact) mass is 527 g/mol. The van der Waals surface area contributed by atoms with Gasteiger partial charge in [0.15, 0.2) is 0 Å². The van der Waals surface area contributed by atoms with Crippen molar-refractivity contribution in [2.24, 2.45) is 11.5 Å². The summed E-state index contributed by atoms with van der Waals surface area (Å²) in [5.41, 5.74) is 11.7. The number of thioether (sulfide) groups is 1. The van der Waals surface area contributed by atoms with Crippen LogP contribution in [0.2, 0.25) is 0 Å². The fraction of sp³-hybridized carbons (Fsp3) is 0.500. The third kappa shape index (κ3) is 11.5. The van der Waals surface area contributed by atoms with Crippen LogP contribution < -0.4 is 27.4 Å². The largest absolute Gasteiger partial charge is 0.480 e. The molecule has 0 bridgehead atoms. The molecule has 194 valence electrons. The number of carbonyl (C=O) groups excluding carboxylic acids is 4. The first-order valence-electron chi connectivity index (χ1n) is 10.9. The van der Waals surface area contributed by atoms with Gasteiger partial charge in [-0.2, -0.15) is 24.4 Å². The number of aliphatic carboxylic acids is 1. The number of hydrogen-bond acceptors (Lipinski definition) is 8. The molecule has 0 aliphatic rings. The number of thiol groups is 1. The molecule has 0 saturated heterocycles. The third-order valence-corrected chi connectivity index (χ3v) is 6.00. The summed E-state index contributed by atoms with van der Waals surface area (Å²) in [7, 11) is 0. The molecule has 4 atom stereocenters. The van der Waals surface area contributed by atoms with Gasteiger partial charge in [-0.25, -0.2) is 4.79 Å². The van der Waals surface area contributed by atoms with Crippen molar-refractivity contribution in [2.45, 2.75) is 49.9 Å². The van der Waals surface area contributed by atoms with Gasteiger partial charge < -0.3 is 32.5 Å². The average Bonchev–Trinajstić information content (AvgIpc) is 2.82. The molecule has 13 heteroatoms. The van der Waals surface area contributed by atoms with Gasteiger partial charge in [-0.15, -0.1) is 0 Å². The van der Waals surface area contributed by atoms with E-state index in [0.29, 0.717) is 17.7 Å². The number of primary amides is 1. The van der Waals surface area contributed by atoms with Crippen molar-refractivity contribution < 1.29 is 29.1 Å². The number of carboxylic acids is 1. The minimum absolute atomic E-state index is 0.0420. The summed E-state index contributed by atoms with van der Waals surface area (Å²) in [6.45, 7) is 0. The minimum Gasteiger partial charge on any atom is -0.480 e. The van der Waals surface area contributed by atoms with E-state index in [-0.39, 0.29) is 25.0 Å². The molecule has 0 aliphatic carbocycles. The van der Waals surface area contributed by atoms with Gasteiger partial charge in [-0.1, -0.05) is 30.3 Å². The van der Waals surface area contributed by atoms with Crippen molar-refractivity contribution in [2.75, 3.05) is 17.8 Å². The molecule has 0 fully saturated rings. The zero-order valence-electron chi connectivity index (χ0n) is 19.4. The van der Waals surface area contributed by atoms with E-state index in [1.54, 1.807) is 30.3 Å². The van der Waals surface area contributed by atoms with Crippen LogP contribution >= 0.6 is 24.4 Å². The first-order valence-corrected chi connectivity index (χ1v) is 12.9. The second-order valence-electron chi connectivity index (χ2n) is 7.79. The zero-order chi connectivity index (χ0) is 26.4. The van der Waals surface area contributed by atoms with Crippen molar-refractivity contribution in [1.82, 2.24) is 16.0 Å². The Kier molecular flexibility index (Phi) is 13.8. The van der Waals surface area contributed by atoms with E-state index in [2.05, 4.69) is 28.6 Å². The quantitative estimate of drug-likeness (QED) is 0.134. The lowest BCUT2D eigenvalue weighted by Gasteiger charge is -2.24. The van der Waals surface area contributed by atoms with Gasteiger partial charge in [0.1, 0.15) is 18.1 Å². The SMILES string of the molecule is CSCCC(N)C(=O)NC(CCC(N)=O)C(=O)NC(CS)C(=O)NC(Cc1ccccc1)C(=O)O. The maximum absolute atomic E-state index is 12.9. The van der Waals surface area contributed by atoms with Crippen LogP contribution in [0.25, 0.3) is 0 Å². The van der Waals surface area contributed by atoms with Crippen LogP contribution in [-0.4, -0.2) is 76.6 Å². The first-order chi connectivity index (χ1) is 16.6. The molecule has 4 amide bonds. The van der Waals surface area contributed by atoms with E-state index < -0.39 is 53.8 Å². The lowest BCUT2D eigenvalue weighted by atomic mass is 10.1. The number of nitrogens with one attached hydrogen (secondary N) is 3. The van der Waals surface area contributed by atoms with E-state index in [4.69, 9.17) is 11.5 Å². The molecule has 0 saturated carbocycles. The number of carboxylic acid groups (broad SMARTS) is 1. The van der Waals surface area contributed by atoms with Crippen molar-refractivity contribution in [3.05, 3.63) is 35.9 Å². The normalized spacial score (nSPS) is 14.1. The molecule has 1 rings (SSSR count). The van der Waals surface area contributed by atoms with E-state index in [9.17, 15) is 29.1 Å². The Hall–Kier alpha value is -2.77. The molecule has 1 aromatic rings. The van der Waals surface area contributed by atoms with Gasteiger partial charge in [0, 0.05) is 18.6 Å². The highest BCUT2D eigenvalue weighted by atomic mass is 32.2. The molecular formula is C22H33N5O6S2. The topological polar surface area (TPSA) is 194 Å². The van der Waals surface area contributed by atoms with Crippen LogP contribution in [-0.2, 0) is 30.4 Å².